The van der Waals surface area contributed by atoms with Gasteiger partial charge < -0.3 is 10.6 Å². The minimum atomic E-state index is -0.0984. The van der Waals surface area contributed by atoms with Crippen molar-refractivity contribution < 1.29 is 4.79 Å². The van der Waals surface area contributed by atoms with Gasteiger partial charge in [-0.25, -0.2) is 9.97 Å². The number of benzene rings is 1. The maximum Gasteiger partial charge on any atom is 0.251 e. The number of rotatable bonds is 6. The van der Waals surface area contributed by atoms with Crippen molar-refractivity contribution in [3.05, 3.63) is 53.6 Å². The molecular formula is C16H20N4O. The topological polar surface area (TPSA) is 66.9 Å². The quantitative estimate of drug-likeness (QED) is 0.855. The largest absolute Gasteiger partial charge is 0.385 e. The highest BCUT2D eigenvalue weighted by molar-refractivity contribution is 5.94. The van der Waals surface area contributed by atoms with Crippen LogP contribution in [0.1, 0.15) is 35.0 Å². The van der Waals surface area contributed by atoms with Gasteiger partial charge in [0, 0.05) is 24.0 Å². The van der Waals surface area contributed by atoms with Gasteiger partial charge in [-0.1, -0.05) is 6.92 Å². The van der Waals surface area contributed by atoms with Crippen molar-refractivity contribution in [2.24, 2.45) is 0 Å². The first kappa shape index (κ1) is 15.0. The summed E-state index contributed by atoms with van der Waals surface area (Å²) in [5.41, 5.74) is 3.59. The lowest BCUT2D eigenvalue weighted by Crippen LogP contribution is -2.23. The summed E-state index contributed by atoms with van der Waals surface area (Å²) in [6.45, 7) is 5.45. The molecule has 21 heavy (non-hydrogen) atoms. The molecule has 0 spiro atoms. The maximum atomic E-state index is 12.1. The van der Waals surface area contributed by atoms with Gasteiger partial charge in [0.15, 0.2) is 0 Å². The third kappa shape index (κ3) is 4.27. The van der Waals surface area contributed by atoms with E-state index in [1.54, 1.807) is 12.3 Å². The highest BCUT2D eigenvalue weighted by atomic mass is 16.1. The van der Waals surface area contributed by atoms with Crippen molar-refractivity contribution in [3.63, 3.8) is 0 Å². The van der Waals surface area contributed by atoms with E-state index in [4.69, 9.17) is 0 Å². The van der Waals surface area contributed by atoms with Crippen molar-refractivity contribution in [2.75, 3.05) is 11.9 Å². The van der Waals surface area contributed by atoms with Gasteiger partial charge in [0.25, 0.3) is 5.91 Å². The van der Waals surface area contributed by atoms with E-state index in [9.17, 15) is 4.79 Å². The Morgan fingerprint density at radius 3 is 2.81 bits per heavy atom. The molecule has 1 aromatic heterocycles. The van der Waals surface area contributed by atoms with Crippen LogP contribution in [0.5, 0.6) is 0 Å². The van der Waals surface area contributed by atoms with E-state index < -0.39 is 0 Å². The molecule has 0 aliphatic rings. The molecule has 1 amide bonds. The number of nitrogens with zero attached hydrogens (tertiary/aromatic N) is 2. The summed E-state index contributed by atoms with van der Waals surface area (Å²) >= 11 is 0. The van der Waals surface area contributed by atoms with Gasteiger partial charge in [0.2, 0.25) is 0 Å². The fraction of sp³-hybridized carbons (Fsp3) is 0.312. The zero-order valence-electron chi connectivity index (χ0n) is 12.4. The first-order valence-electron chi connectivity index (χ1n) is 7.08. The Hall–Kier alpha value is -2.43. The zero-order valence-corrected chi connectivity index (χ0v) is 12.4. The van der Waals surface area contributed by atoms with Crippen LogP contribution in [0, 0.1) is 6.92 Å². The Morgan fingerprint density at radius 1 is 1.29 bits per heavy atom. The van der Waals surface area contributed by atoms with Crippen molar-refractivity contribution in [1.82, 2.24) is 15.3 Å². The minimum absolute atomic E-state index is 0.0984. The summed E-state index contributed by atoms with van der Waals surface area (Å²) in [7, 11) is 0. The molecule has 0 saturated carbocycles. The third-order valence-corrected chi connectivity index (χ3v) is 3.13. The number of hydrogen-bond donors (Lipinski definition) is 2. The summed E-state index contributed by atoms with van der Waals surface area (Å²) in [6, 6.07) is 7.46. The molecule has 0 radical (unpaired) electrons. The summed E-state index contributed by atoms with van der Waals surface area (Å²) in [5.74, 6) is -0.0984. The number of amides is 1. The maximum absolute atomic E-state index is 12.1. The van der Waals surface area contributed by atoms with E-state index in [2.05, 4.69) is 27.5 Å². The molecule has 110 valence electrons. The average Bonchev–Trinajstić information content (AvgIpc) is 2.52. The van der Waals surface area contributed by atoms with Gasteiger partial charge in [-0.05, 0) is 43.2 Å². The van der Waals surface area contributed by atoms with Gasteiger partial charge in [-0.15, -0.1) is 0 Å². The van der Waals surface area contributed by atoms with E-state index in [0.29, 0.717) is 12.1 Å². The Balaban J connectivity index is 1.98. The fourth-order valence-electron chi connectivity index (χ4n) is 1.96. The predicted octanol–water partition coefficient (Wildman–Crippen LogP) is 2.54. The average molecular weight is 284 g/mol. The van der Waals surface area contributed by atoms with E-state index >= 15 is 0 Å². The van der Waals surface area contributed by atoms with Crippen molar-refractivity contribution in [3.8, 4) is 0 Å². The van der Waals surface area contributed by atoms with Gasteiger partial charge in [-0.2, -0.15) is 0 Å². The molecule has 0 bridgehead atoms. The van der Waals surface area contributed by atoms with Crippen LogP contribution in [0.15, 0.2) is 36.8 Å². The van der Waals surface area contributed by atoms with E-state index in [1.165, 1.54) is 6.33 Å². The number of hydrogen-bond acceptors (Lipinski definition) is 4. The zero-order chi connectivity index (χ0) is 15.1. The van der Waals surface area contributed by atoms with Gasteiger partial charge in [0.05, 0.1) is 12.2 Å². The highest BCUT2D eigenvalue weighted by Crippen LogP contribution is 2.16. The third-order valence-electron chi connectivity index (χ3n) is 3.13. The molecule has 1 aromatic carbocycles. The molecule has 0 saturated heterocycles. The lowest BCUT2D eigenvalue weighted by molar-refractivity contribution is 0.0950. The van der Waals surface area contributed by atoms with E-state index in [-0.39, 0.29) is 5.91 Å². The lowest BCUT2D eigenvalue weighted by Gasteiger charge is -2.10. The molecule has 5 heteroatoms. The van der Waals surface area contributed by atoms with Crippen molar-refractivity contribution in [1.29, 1.82) is 0 Å². The second-order valence-corrected chi connectivity index (χ2v) is 4.84. The summed E-state index contributed by atoms with van der Waals surface area (Å²) in [5, 5.41) is 6.19. The number of anilines is 1. The van der Waals surface area contributed by atoms with Crippen LogP contribution < -0.4 is 10.6 Å². The summed E-state index contributed by atoms with van der Waals surface area (Å²) in [6.07, 6.45) is 4.20. The van der Waals surface area contributed by atoms with Crippen LogP contribution in [0.4, 0.5) is 5.69 Å². The summed E-state index contributed by atoms with van der Waals surface area (Å²) in [4.78, 5) is 20.0. The van der Waals surface area contributed by atoms with Crippen molar-refractivity contribution in [2.45, 2.75) is 26.8 Å². The predicted molar refractivity (Wildman–Crippen MR) is 83.2 cm³/mol. The van der Waals surface area contributed by atoms with E-state index in [0.717, 1.165) is 29.9 Å². The number of aryl methyl sites for hydroxylation is 1. The number of carbonyl (C=O) groups excluding carboxylic acids is 1. The van der Waals surface area contributed by atoms with Gasteiger partial charge >= 0.3 is 0 Å². The number of nitrogens with one attached hydrogen (secondary N) is 2. The van der Waals surface area contributed by atoms with Crippen LogP contribution in [0.3, 0.4) is 0 Å². The molecule has 2 rings (SSSR count). The van der Waals surface area contributed by atoms with Crippen molar-refractivity contribution >= 4 is 11.6 Å². The SMILES string of the molecule is CCCNc1ccc(C(=O)NCc2ccncn2)cc1C. The highest BCUT2D eigenvalue weighted by Gasteiger charge is 2.07. The molecule has 0 fully saturated rings. The monoisotopic (exact) mass is 284 g/mol. The first-order valence-corrected chi connectivity index (χ1v) is 7.08. The number of aromatic nitrogens is 2. The summed E-state index contributed by atoms with van der Waals surface area (Å²) < 4.78 is 0. The Labute approximate surface area is 124 Å². The molecule has 0 aliphatic heterocycles. The Kier molecular flexibility index (Phi) is 5.26. The molecule has 2 N–H and O–H groups in total. The van der Waals surface area contributed by atoms with Gasteiger partial charge in [-0.3, -0.25) is 4.79 Å². The normalized spacial score (nSPS) is 10.2. The molecule has 2 aromatic rings. The Morgan fingerprint density at radius 2 is 2.14 bits per heavy atom. The molecule has 5 nitrogen and oxygen atoms in total. The number of carbonyl (C=O) groups is 1. The van der Waals surface area contributed by atoms with Gasteiger partial charge in [0.1, 0.15) is 6.33 Å². The second-order valence-electron chi connectivity index (χ2n) is 4.84. The van der Waals surface area contributed by atoms with Crippen LogP contribution in [-0.4, -0.2) is 22.4 Å². The molecule has 0 atom stereocenters. The van der Waals surface area contributed by atoms with Crippen LogP contribution in [-0.2, 0) is 6.54 Å². The van der Waals surface area contributed by atoms with Crippen LogP contribution in [0.25, 0.3) is 0 Å². The standard InChI is InChI=1S/C16H20N4O/c1-3-7-18-15-5-4-13(9-12(15)2)16(21)19-10-14-6-8-17-11-20-14/h4-6,8-9,11,18H,3,7,10H2,1-2H3,(H,19,21). The molecule has 0 unspecified atom stereocenters. The fourth-order valence-corrected chi connectivity index (χ4v) is 1.96. The smallest absolute Gasteiger partial charge is 0.251 e. The lowest BCUT2D eigenvalue weighted by atomic mass is 10.1. The molecule has 1 heterocycles. The minimum Gasteiger partial charge on any atom is -0.385 e. The van der Waals surface area contributed by atoms with Crippen LogP contribution >= 0.6 is 0 Å². The molecular weight excluding hydrogens is 264 g/mol. The Bertz CT molecular complexity index is 598. The second kappa shape index (κ2) is 7.38. The van der Waals surface area contributed by atoms with Crippen LogP contribution in [0.2, 0.25) is 0 Å². The molecule has 0 aliphatic carbocycles. The van der Waals surface area contributed by atoms with E-state index in [1.807, 2.05) is 25.1 Å². The first-order chi connectivity index (χ1) is 10.2.